The summed E-state index contributed by atoms with van der Waals surface area (Å²) in [6.07, 6.45) is 5.40. The number of rotatable bonds is 5. The van der Waals surface area contributed by atoms with Gasteiger partial charge in [-0.1, -0.05) is 34.1 Å². The van der Waals surface area contributed by atoms with Gasteiger partial charge in [-0.2, -0.15) is 0 Å². The topological polar surface area (TPSA) is 38.1 Å². The average Bonchev–Trinajstić information content (AvgIpc) is 2.89. The highest BCUT2D eigenvalue weighted by Gasteiger charge is 2.11. The lowest BCUT2D eigenvalue weighted by Crippen LogP contribution is -2.31. The molecule has 0 saturated heterocycles. The molecule has 5 heteroatoms. The molecule has 0 saturated carbocycles. The summed E-state index contributed by atoms with van der Waals surface area (Å²) in [6, 6.07) is 7.96. The van der Waals surface area contributed by atoms with Crippen molar-refractivity contribution in [2.45, 2.75) is 20.0 Å². The van der Waals surface area contributed by atoms with Gasteiger partial charge in [0.05, 0.1) is 6.33 Å². The Morgan fingerprint density at radius 3 is 2.84 bits per heavy atom. The van der Waals surface area contributed by atoms with Crippen LogP contribution in [0, 0.1) is 0 Å². The molecule has 0 spiro atoms. The summed E-state index contributed by atoms with van der Waals surface area (Å²) in [5.74, 6) is 0.0795. The number of hydrogen-bond donors (Lipinski definition) is 0. The van der Waals surface area contributed by atoms with Gasteiger partial charge in [0.1, 0.15) is 0 Å². The van der Waals surface area contributed by atoms with Crippen LogP contribution in [0.4, 0.5) is 0 Å². The maximum atomic E-state index is 11.7. The quantitative estimate of drug-likeness (QED) is 0.849. The van der Waals surface area contributed by atoms with Gasteiger partial charge in [0, 0.05) is 43.4 Å². The van der Waals surface area contributed by atoms with Gasteiger partial charge in [-0.25, -0.2) is 4.98 Å². The van der Waals surface area contributed by atoms with E-state index in [1.807, 2.05) is 39.9 Å². The van der Waals surface area contributed by atoms with Crippen molar-refractivity contribution < 1.29 is 4.79 Å². The second-order valence-corrected chi connectivity index (χ2v) is 5.19. The largest absolute Gasteiger partial charge is 0.337 e. The molecule has 2 aromatic rings. The molecule has 0 bridgehead atoms. The summed E-state index contributed by atoms with van der Waals surface area (Å²) in [4.78, 5) is 17.5. The summed E-state index contributed by atoms with van der Waals surface area (Å²) < 4.78 is 3.00. The molecular weight excluding hydrogens is 306 g/mol. The summed E-state index contributed by atoms with van der Waals surface area (Å²) in [5.41, 5.74) is 1.11. The number of hydrogen-bond acceptors (Lipinski definition) is 2. The lowest BCUT2D eigenvalue weighted by Gasteiger charge is -2.22. The Morgan fingerprint density at radius 1 is 1.42 bits per heavy atom. The van der Waals surface area contributed by atoms with Gasteiger partial charge in [-0.15, -0.1) is 0 Å². The molecule has 4 nitrogen and oxygen atoms in total. The molecule has 1 aromatic heterocycles. The second-order valence-electron chi connectivity index (χ2n) is 4.33. The molecular formula is C14H16BrN3O. The zero-order chi connectivity index (χ0) is 13.7. The van der Waals surface area contributed by atoms with Crippen LogP contribution in [0.25, 0.3) is 0 Å². The fraction of sp³-hybridized carbons (Fsp3) is 0.286. The minimum atomic E-state index is 0.0795. The van der Waals surface area contributed by atoms with Gasteiger partial charge in [-0.05, 0) is 11.6 Å². The van der Waals surface area contributed by atoms with Crippen LogP contribution in [0.1, 0.15) is 12.5 Å². The van der Waals surface area contributed by atoms with E-state index in [9.17, 15) is 4.79 Å². The first-order valence-electron chi connectivity index (χ1n) is 6.11. The maximum Gasteiger partial charge on any atom is 0.219 e. The van der Waals surface area contributed by atoms with Crippen LogP contribution in [0.5, 0.6) is 0 Å². The zero-order valence-electron chi connectivity index (χ0n) is 10.8. The Hall–Kier alpha value is -1.62. The Balaban J connectivity index is 2.00. The number of amides is 1. The molecule has 1 aromatic carbocycles. The number of carbonyl (C=O) groups excluding carboxylic acids is 1. The van der Waals surface area contributed by atoms with E-state index in [0.717, 1.165) is 16.6 Å². The van der Waals surface area contributed by atoms with Crippen molar-refractivity contribution in [2.24, 2.45) is 0 Å². The number of imidazole rings is 1. The average molecular weight is 322 g/mol. The van der Waals surface area contributed by atoms with Crippen molar-refractivity contribution in [1.29, 1.82) is 0 Å². The number of halogens is 1. The van der Waals surface area contributed by atoms with E-state index >= 15 is 0 Å². The van der Waals surface area contributed by atoms with Crippen LogP contribution >= 0.6 is 15.9 Å². The van der Waals surface area contributed by atoms with Gasteiger partial charge in [-0.3, -0.25) is 4.79 Å². The second kappa shape index (κ2) is 6.52. The molecule has 0 aliphatic carbocycles. The minimum absolute atomic E-state index is 0.0795. The van der Waals surface area contributed by atoms with E-state index in [4.69, 9.17) is 0 Å². The fourth-order valence-corrected chi connectivity index (χ4v) is 2.25. The van der Waals surface area contributed by atoms with Crippen molar-refractivity contribution >= 4 is 21.8 Å². The lowest BCUT2D eigenvalue weighted by atomic mass is 10.2. The van der Waals surface area contributed by atoms with Crippen LogP contribution in [0.15, 0.2) is 47.5 Å². The Kier molecular flexibility index (Phi) is 4.74. The molecule has 0 aliphatic rings. The normalized spacial score (nSPS) is 10.4. The summed E-state index contributed by atoms with van der Waals surface area (Å²) in [7, 11) is 0. The number of nitrogens with zero attached hydrogens (tertiary/aromatic N) is 3. The molecule has 100 valence electrons. The van der Waals surface area contributed by atoms with Crippen molar-refractivity contribution in [3.05, 3.63) is 53.0 Å². The van der Waals surface area contributed by atoms with Gasteiger partial charge >= 0.3 is 0 Å². The SMILES string of the molecule is CC(=O)N(CCn1ccnc1)Cc1ccccc1Br. The molecule has 0 unspecified atom stereocenters. The van der Waals surface area contributed by atoms with Gasteiger partial charge in [0.2, 0.25) is 5.91 Å². The standard InChI is InChI=1S/C14H16BrN3O/c1-12(19)18(9-8-17-7-6-16-11-17)10-13-4-2-3-5-14(13)15/h2-7,11H,8-10H2,1H3. The van der Waals surface area contributed by atoms with Gasteiger partial charge in [0.15, 0.2) is 0 Å². The molecule has 0 radical (unpaired) electrons. The molecule has 1 heterocycles. The highest BCUT2D eigenvalue weighted by Crippen LogP contribution is 2.17. The van der Waals surface area contributed by atoms with Crippen molar-refractivity contribution in [3.63, 3.8) is 0 Å². The van der Waals surface area contributed by atoms with E-state index in [1.54, 1.807) is 19.4 Å². The van der Waals surface area contributed by atoms with Crippen LogP contribution in [-0.4, -0.2) is 26.9 Å². The minimum Gasteiger partial charge on any atom is -0.337 e. The van der Waals surface area contributed by atoms with E-state index in [1.165, 1.54) is 0 Å². The van der Waals surface area contributed by atoms with Gasteiger partial charge in [0.25, 0.3) is 0 Å². The molecule has 19 heavy (non-hydrogen) atoms. The number of aromatic nitrogens is 2. The Bertz CT molecular complexity index is 539. The first-order chi connectivity index (χ1) is 9.16. The number of carbonyl (C=O) groups is 1. The number of benzene rings is 1. The van der Waals surface area contributed by atoms with E-state index in [2.05, 4.69) is 20.9 Å². The predicted octanol–water partition coefficient (Wildman–Crippen LogP) is 2.69. The highest BCUT2D eigenvalue weighted by atomic mass is 79.9. The van der Waals surface area contributed by atoms with Crippen LogP contribution < -0.4 is 0 Å². The maximum absolute atomic E-state index is 11.7. The monoisotopic (exact) mass is 321 g/mol. The Morgan fingerprint density at radius 2 is 2.21 bits per heavy atom. The van der Waals surface area contributed by atoms with Crippen LogP contribution in [-0.2, 0) is 17.9 Å². The third-order valence-corrected chi connectivity index (χ3v) is 3.73. The van der Waals surface area contributed by atoms with E-state index in [-0.39, 0.29) is 5.91 Å². The lowest BCUT2D eigenvalue weighted by molar-refractivity contribution is -0.129. The summed E-state index contributed by atoms with van der Waals surface area (Å²) in [6.45, 7) is 3.65. The summed E-state index contributed by atoms with van der Waals surface area (Å²) >= 11 is 3.51. The third kappa shape index (κ3) is 3.92. The molecule has 0 N–H and O–H groups in total. The Labute approximate surface area is 121 Å². The first kappa shape index (κ1) is 13.8. The molecule has 0 aliphatic heterocycles. The highest BCUT2D eigenvalue weighted by molar-refractivity contribution is 9.10. The van der Waals surface area contributed by atoms with E-state index in [0.29, 0.717) is 13.1 Å². The van der Waals surface area contributed by atoms with Crippen LogP contribution in [0.3, 0.4) is 0 Å². The first-order valence-corrected chi connectivity index (χ1v) is 6.91. The zero-order valence-corrected chi connectivity index (χ0v) is 12.4. The van der Waals surface area contributed by atoms with Crippen molar-refractivity contribution in [1.82, 2.24) is 14.5 Å². The molecule has 2 rings (SSSR count). The summed E-state index contributed by atoms with van der Waals surface area (Å²) in [5, 5.41) is 0. The molecule has 1 amide bonds. The predicted molar refractivity (Wildman–Crippen MR) is 77.5 cm³/mol. The van der Waals surface area contributed by atoms with Crippen molar-refractivity contribution in [2.75, 3.05) is 6.54 Å². The smallest absolute Gasteiger partial charge is 0.219 e. The van der Waals surface area contributed by atoms with E-state index < -0.39 is 0 Å². The fourth-order valence-electron chi connectivity index (χ4n) is 1.84. The van der Waals surface area contributed by atoms with Crippen molar-refractivity contribution in [3.8, 4) is 0 Å². The van der Waals surface area contributed by atoms with Crippen LogP contribution in [0.2, 0.25) is 0 Å². The molecule has 0 fully saturated rings. The molecule has 0 atom stereocenters. The third-order valence-electron chi connectivity index (χ3n) is 2.95. The van der Waals surface area contributed by atoms with Gasteiger partial charge < -0.3 is 9.47 Å².